The number of hydrogen-bond acceptors (Lipinski definition) is 2. The van der Waals surface area contributed by atoms with Gasteiger partial charge < -0.3 is 10.6 Å². The molecule has 0 radical (unpaired) electrons. The molecule has 2 heterocycles. The lowest BCUT2D eigenvalue weighted by Gasteiger charge is -2.45. The number of nitrogens with zero attached hydrogens (tertiary/aromatic N) is 1. The summed E-state index contributed by atoms with van der Waals surface area (Å²) in [6, 6.07) is 7.69. The summed E-state index contributed by atoms with van der Waals surface area (Å²) in [7, 11) is 0. The molecule has 0 aliphatic carbocycles. The maximum Gasteiger partial charge on any atom is 0.0401 e. The monoisotopic (exact) mass is 230 g/mol. The Balaban J connectivity index is 1.92. The third-order valence-electron chi connectivity index (χ3n) is 4.43. The second-order valence-electron chi connectivity index (χ2n) is 5.66. The fourth-order valence-corrected chi connectivity index (χ4v) is 3.41. The second kappa shape index (κ2) is 4.34. The summed E-state index contributed by atoms with van der Waals surface area (Å²) < 4.78 is 0. The first-order valence-electron chi connectivity index (χ1n) is 6.84. The minimum absolute atomic E-state index is 0.693. The lowest BCUT2D eigenvalue weighted by atomic mass is 9.85. The van der Waals surface area contributed by atoms with Crippen LogP contribution in [0.5, 0.6) is 0 Å². The number of piperidine rings is 1. The molecule has 2 unspecified atom stereocenters. The van der Waals surface area contributed by atoms with Crippen LogP contribution in [0.1, 0.15) is 30.4 Å². The molecule has 0 amide bonds. The van der Waals surface area contributed by atoms with Crippen molar-refractivity contribution < 1.29 is 0 Å². The van der Waals surface area contributed by atoms with Gasteiger partial charge in [-0.2, -0.15) is 0 Å². The average Bonchev–Trinajstić information content (AvgIpc) is 2.37. The minimum atomic E-state index is 0.693. The average molecular weight is 230 g/mol. The van der Waals surface area contributed by atoms with Gasteiger partial charge in [-0.15, -0.1) is 0 Å². The Morgan fingerprint density at radius 3 is 3.00 bits per heavy atom. The van der Waals surface area contributed by atoms with Crippen molar-refractivity contribution in [3.05, 3.63) is 29.3 Å². The first-order chi connectivity index (χ1) is 8.28. The molecule has 0 spiro atoms. The molecule has 0 bridgehead atoms. The summed E-state index contributed by atoms with van der Waals surface area (Å²) in [6.07, 6.45) is 5.23. The van der Waals surface area contributed by atoms with Crippen molar-refractivity contribution in [1.82, 2.24) is 0 Å². The molecular formula is C15H22N2. The predicted octanol–water partition coefficient (Wildman–Crippen LogP) is 2.48. The molecule has 0 saturated carbocycles. The molecule has 2 aliphatic rings. The van der Waals surface area contributed by atoms with Crippen LogP contribution in [0.4, 0.5) is 5.69 Å². The Hall–Kier alpha value is -1.02. The van der Waals surface area contributed by atoms with Crippen LogP contribution < -0.4 is 10.6 Å². The standard InChI is InChI=1S/C15H22N2/c1-11-2-7-15-13(8-11)4-6-14-5-3-12(9-16)10-17(14)15/h2,7-8,12,14H,3-6,9-10,16H2,1H3. The lowest BCUT2D eigenvalue weighted by molar-refractivity contribution is 0.341. The third-order valence-corrected chi connectivity index (χ3v) is 4.43. The van der Waals surface area contributed by atoms with Gasteiger partial charge in [0.05, 0.1) is 0 Å². The zero-order valence-electron chi connectivity index (χ0n) is 10.7. The molecule has 2 atom stereocenters. The van der Waals surface area contributed by atoms with E-state index in [2.05, 4.69) is 30.0 Å². The molecule has 3 rings (SSSR count). The van der Waals surface area contributed by atoms with Crippen LogP contribution in [0.3, 0.4) is 0 Å². The first-order valence-corrected chi connectivity index (χ1v) is 6.84. The molecule has 1 aromatic rings. The van der Waals surface area contributed by atoms with E-state index >= 15 is 0 Å². The van der Waals surface area contributed by atoms with Gasteiger partial charge in [-0.05, 0) is 56.7 Å². The fourth-order valence-electron chi connectivity index (χ4n) is 3.41. The molecule has 0 aromatic heterocycles. The Morgan fingerprint density at radius 1 is 1.29 bits per heavy atom. The number of aryl methyl sites for hydroxylation is 2. The van der Waals surface area contributed by atoms with Gasteiger partial charge in [0.25, 0.3) is 0 Å². The summed E-state index contributed by atoms with van der Waals surface area (Å²) in [5.74, 6) is 0.693. The van der Waals surface area contributed by atoms with E-state index in [0.717, 1.165) is 19.1 Å². The van der Waals surface area contributed by atoms with E-state index in [-0.39, 0.29) is 0 Å². The van der Waals surface area contributed by atoms with E-state index in [4.69, 9.17) is 5.73 Å². The van der Waals surface area contributed by atoms with Gasteiger partial charge in [0.1, 0.15) is 0 Å². The molecule has 2 aliphatic heterocycles. The van der Waals surface area contributed by atoms with Crippen LogP contribution in [0, 0.1) is 12.8 Å². The van der Waals surface area contributed by atoms with Crippen molar-refractivity contribution in [2.45, 2.75) is 38.6 Å². The number of fused-ring (bicyclic) bond motifs is 3. The summed E-state index contributed by atoms with van der Waals surface area (Å²) in [6.45, 7) is 4.19. The van der Waals surface area contributed by atoms with Crippen LogP contribution in [0.15, 0.2) is 18.2 Å². The van der Waals surface area contributed by atoms with E-state index in [0.29, 0.717) is 5.92 Å². The van der Waals surface area contributed by atoms with Gasteiger partial charge in [-0.3, -0.25) is 0 Å². The molecule has 2 N–H and O–H groups in total. The van der Waals surface area contributed by atoms with Crippen molar-refractivity contribution in [1.29, 1.82) is 0 Å². The van der Waals surface area contributed by atoms with Crippen LogP contribution in [0.2, 0.25) is 0 Å². The highest BCUT2D eigenvalue weighted by molar-refractivity contribution is 5.58. The van der Waals surface area contributed by atoms with Crippen LogP contribution in [-0.4, -0.2) is 19.1 Å². The van der Waals surface area contributed by atoms with Gasteiger partial charge >= 0.3 is 0 Å². The van der Waals surface area contributed by atoms with Crippen LogP contribution >= 0.6 is 0 Å². The molecule has 1 fully saturated rings. The third kappa shape index (κ3) is 1.95. The first kappa shape index (κ1) is 11.1. The number of rotatable bonds is 1. The van der Waals surface area contributed by atoms with Gasteiger partial charge in [-0.1, -0.05) is 17.7 Å². The van der Waals surface area contributed by atoms with E-state index in [1.54, 1.807) is 5.56 Å². The van der Waals surface area contributed by atoms with Gasteiger partial charge in [-0.25, -0.2) is 0 Å². The highest BCUT2D eigenvalue weighted by Crippen LogP contribution is 2.36. The zero-order valence-corrected chi connectivity index (χ0v) is 10.7. The van der Waals surface area contributed by atoms with E-state index in [9.17, 15) is 0 Å². The number of benzene rings is 1. The Kier molecular flexibility index (Phi) is 2.83. The Labute approximate surface area is 104 Å². The maximum absolute atomic E-state index is 5.84. The van der Waals surface area contributed by atoms with Gasteiger partial charge in [0.2, 0.25) is 0 Å². The van der Waals surface area contributed by atoms with Crippen molar-refractivity contribution in [2.75, 3.05) is 18.0 Å². The Morgan fingerprint density at radius 2 is 2.18 bits per heavy atom. The van der Waals surface area contributed by atoms with Crippen molar-refractivity contribution >= 4 is 5.69 Å². The lowest BCUT2D eigenvalue weighted by Crippen LogP contribution is -2.47. The number of hydrogen-bond donors (Lipinski definition) is 1. The van der Waals surface area contributed by atoms with Crippen molar-refractivity contribution in [3.63, 3.8) is 0 Å². The van der Waals surface area contributed by atoms with Crippen molar-refractivity contribution in [2.24, 2.45) is 11.7 Å². The number of anilines is 1. The van der Waals surface area contributed by atoms with Crippen LogP contribution in [0.25, 0.3) is 0 Å². The van der Waals surface area contributed by atoms with Gasteiger partial charge in [0, 0.05) is 18.3 Å². The maximum atomic E-state index is 5.84. The van der Waals surface area contributed by atoms with Gasteiger partial charge in [0.15, 0.2) is 0 Å². The predicted molar refractivity (Wildman–Crippen MR) is 72.4 cm³/mol. The van der Waals surface area contributed by atoms with E-state index < -0.39 is 0 Å². The fraction of sp³-hybridized carbons (Fsp3) is 0.600. The largest absolute Gasteiger partial charge is 0.368 e. The van der Waals surface area contributed by atoms with E-state index in [1.165, 1.54) is 36.9 Å². The highest BCUT2D eigenvalue weighted by atomic mass is 15.2. The highest BCUT2D eigenvalue weighted by Gasteiger charge is 2.31. The summed E-state index contributed by atoms with van der Waals surface area (Å²) in [5, 5.41) is 0. The molecule has 2 heteroatoms. The normalized spacial score (nSPS) is 27.5. The molecule has 92 valence electrons. The van der Waals surface area contributed by atoms with E-state index in [1.807, 2.05) is 0 Å². The SMILES string of the molecule is Cc1ccc2c(c1)CCC1CCC(CN)CN21. The minimum Gasteiger partial charge on any atom is -0.368 e. The molecule has 1 aromatic carbocycles. The molecule has 1 saturated heterocycles. The zero-order chi connectivity index (χ0) is 11.8. The van der Waals surface area contributed by atoms with Crippen LogP contribution in [-0.2, 0) is 6.42 Å². The smallest absolute Gasteiger partial charge is 0.0401 e. The molecule has 2 nitrogen and oxygen atoms in total. The molecule has 17 heavy (non-hydrogen) atoms. The summed E-state index contributed by atoms with van der Waals surface area (Å²) >= 11 is 0. The summed E-state index contributed by atoms with van der Waals surface area (Å²) in [4.78, 5) is 2.62. The quantitative estimate of drug-likeness (QED) is 0.803. The number of nitrogens with two attached hydrogens (primary N) is 1. The summed E-state index contributed by atoms with van der Waals surface area (Å²) in [5.41, 5.74) is 10.2. The topological polar surface area (TPSA) is 29.3 Å². The molecular weight excluding hydrogens is 208 g/mol. The Bertz CT molecular complexity index is 413. The van der Waals surface area contributed by atoms with Crippen molar-refractivity contribution in [3.8, 4) is 0 Å². The second-order valence-corrected chi connectivity index (χ2v) is 5.66.